The maximum Gasteiger partial charge on any atom is 0.319 e. The third-order valence-corrected chi connectivity index (χ3v) is 3.07. The molecule has 0 bridgehead atoms. The second-order valence-electron chi connectivity index (χ2n) is 4.56. The van der Waals surface area contributed by atoms with Crippen LogP contribution in [0.2, 0.25) is 0 Å². The Hall–Kier alpha value is -3.03. The SMILES string of the molecule is COc1ccc(NC(=O)NCCn2cnccc2=O)cc1OC. The number of hydrogen-bond donors (Lipinski definition) is 2. The third kappa shape index (κ3) is 4.47. The van der Waals surface area contributed by atoms with Gasteiger partial charge in [-0.2, -0.15) is 0 Å². The number of hydrogen-bond acceptors (Lipinski definition) is 5. The van der Waals surface area contributed by atoms with Crippen molar-refractivity contribution in [2.45, 2.75) is 6.54 Å². The van der Waals surface area contributed by atoms with Gasteiger partial charge in [-0.05, 0) is 12.1 Å². The van der Waals surface area contributed by atoms with Crippen molar-refractivity contribution < 1.29 is 14.3 Å². The molecule has 0 saturated heterocycles. The second-order valence-corrected chi connectivity index (χ2v) is 4.56. The first-order chi connectivity index (χ1) is 11.1. The maximum absolute atomic E-state index is 11.8. The van der Waals surface area contributed by atoms with Gasteiger partial charge in [-0.3, -0.25) is 9.36 Å². The highest BCUT2D eigenvalue weighted by Gasteiger charge is 2.07. The molecule has 0 aliphatic carbocycles. The van der Waals surface area contributed by atoms with E-state index in [4.69, 9.17) is 9.47 Å². The van der Waals surface area contributed by atoms with Crippen LogP contribution in [0.3, 0.4) is 0 Å². The number of nitrogens with zero attached hydrogens (tertiary/aromatic N) is 2. The predicted molar refractivity (Wildman–Crippen MR) is 85.1 cm³/mol. The number of anilines is 1. The minimum Gasteiger partial charge on any atom is -0.493 e. The number of carbonyl (C=O) groups is 1. The third-order valence-electron chi connectivity index (χ3n) is 3.07. The summed E-state index contributed by atoms with van der Waals surface area (Å²) in [6.07, 6.45) is 2.85. The highest BCUT2D eigenvalue weighted by molar-refractivity contribution is 5.89. The molecule has 2 N–H and O–H groups in total. The van der Waals surface area contributed by atoms with Gasteiger partial charge in [0.25, 0.3) is 5.56 Å². The largest absolute Gasteiger partial charge is 0.493 e. The smallest absolute Gasteiger partial charge is 0.319 e. The van der Waals surface area contributed by atoms with Gasteiger partial charge in [0.15, 0.2) is 11.5 Å². The Balaban J connectivity index is 1.87. The minimum absolute atomic E-state index is 0.165. The Morgan fingerprint density at radius 1 is 1.22 bits per heavy atom. The summed E-state index contributed by atoms with van der Waals surface area (Å²) in [4.78, 5) is 27.2. The van der Waals surface area contributed by atoms with E-state index in [1.807, 2.05) is 0 Å². The highest BCUT2D eigenvalue weighted by Crippen LogP contribution is 2.29. The molecular formula is C15H18N4O4. The molecule has 122 valence electrons. The molecule has 0 aliphatic heterocycles. The lowest BCUT2D eigenvalue weighted by molar-refractivity contribution is 0.251. The van der Waals surface area contributed by atoms with E-state index in [1.165, 1.54) is 37.4 Å². The van der Waals surface area contributed by atoms with E-state index in [2.05, 4.69) is 15.6 Å². The molecule has 2 amide bonds. The minimum atomic E-state index is -0.380. The van der Waals surface area contributed by atoms with Crippen LogP contribution in [-0.4, -0.2) is 36.3 Å². The number of methoxy groups -OCH3 is 2. The monoisotopic (exact) mass is 318 g/mol. The van der Waals surface area contributed by atoms with E-state index in [9.17, 15) is 9.59 Å². The molecule has 0 fully saturated rings. The van der Waals surface area contributed by atoms with Gasteiger partial charge >= 0.3 is 6.03 Å². The number of ether oxygens (including phenoxy) is 2. The van der Waals surface area contributed by atoms with Gasteiger partial charge in [0.05, 0.1) is 20.5 Å². The molecule has 8 heteroatoms. The van der Waals surface area contributed by atoms with Crippen molar-refractivity contribution in [2.24, 2.45) is 0 Å². The van der Waals surface area contributed by atoms with Crippen LogP contribution in [0.4, 0.5) is 10.5 Å². The van der Waals surface area contributed by atoms with Crippen molar-refractivity contribution in [2.75, 3.05) is 26.1 Å². The van der Waals surface area contributed by atoms with Gasteiger partial charge in [0.1, 0.15) is 0 Å². The first-order valence-electron chi connectivity index (χ1n) is 6.91. The zero-order chi connectivity index (χ0) is 16.7. The van der Waals surface area contributed by atoms with Crippen molar-refractivity contribution in [3.63, 3.8) is 0 Å². The molecule has 8 nitrogen and oxygen atoms in total. The summed E-state index contributed by atoms with van der Waals surface area (Å²) in [6, 6.07) is 6.04. The number of carbonyl (C=O) groups excluding carboxylic acids is 1. The summed E-state index contributed by atoms with van der Waals surface area (Å²) in [5.41, 5.74) is 0.404. The Morgan fingerprint density at radius 3 is 2.70 bits per heavy atom. The topological polar surface area (TPSA) is 94.5 Å². The zero-order valence-corrected chi connectivity index (χ0v) is 12.9. The number of rotatable bonds is 6. The lowest BCUT2D eigenvalue weighted by Crippen LogP contribution is -2.33. The van der Waals surface area contributed by atoms with E-state index in [-0.39, 0.29) is 11.6 Å². The number of nitrogens with one attached hydrogen (secondary N) is 2. The van der Waals surface area contributed by atoms with E-state index in [1.54, 1.807) is 18.2 Å². The summed E-state index contributed by atoms with van der Waals surface area (Å²) in [6.45, 7) is 0.636. The number of benzene rings is 1. The summed E-state index contributed by atoms with van der Waals surface area (Å²) in [7, 11) is 3.06. The summed E-state index contributed by atoms with van der Waals surface area (Å²) >= 11 is 0. The van der Waals surface area contributed by atoms with Crippen LogP contribution in [0.1, 0.15) is 0 Å². The van der Waals surface area contributed by atoms with Crippen molar-refractivity contribution in [1.29, 1.82) is 0 Å². The molecule has 2 rings (SSSR count). The van der Waals surface area contributed by atoms with Crippen LogP contribution in [0.15, 0.2) is 41.6 Å². The number of aromatic nitrogens is 2. The van der Waals surface area contributed by atoms with E-state index in [0.717, 1.165) is 0 Å². The van der Waals surface area contributed by atoms with Gasteiger partial charge in [-0.15, -0.1) is 0 Å². The van der Waals surface area contributed by atoms with Crippen molar-refractivity contribution >= 4 is 11.7 Å². The van der Waals surface area contributed by atoms with Gasteiger partial charge < -0.3 is 20.1 Å². The molecule has 23 heavy (non-hydrogen) atoms. The first kappa shape index (κ1) is 16.3. The summed E-state index contributed by atoms with van der Waals surface area (Å²) < 4.78 is 11.7. The lowest BCUT2D eigenvalue weighted by atomic mass is 10.3. The van der Waals surface area contributed by atoms with Crippen molar-refractivity contribution in [3.05, 3.63) is 47.1 Å². The summed E-state index contributed by atoms with van der Waals surface area (Å²) in [5.74, 6) is 1.10. The quantitative estimate of drug-likeness (QED) is 0.831. The van der Waals surface area contributed by atoms with Crippen LogP contribution in [0.25, 0.3) is 0 Å². The molecule has 0 unspecified atom stereocenters. The average Bonchev–Trinajstić information content (AvgIpc) is 2.56. The van der Waals surface area contributed by atoms with Crippen LogP contribution in [0.5, 0.6) is 11.5 Å². The lowest BCUT2D eigenvalue weighted by Gasteiger charge is -2.11. The Bertz CT molecular complexity index is 729. The molecule has 1 aromatic carbocycles. The second kappa shape index (κ2) is 7.83. The molecule has 0 spiro atoms. The van der Waals surface area contributed by atoms with E-state index >= 15 is 0 Å². The Morgan fingerprint density at radius 2 is 2.00 bits per heavy atom. The fourth-order valence-corrected chi connectivity index (χ4v) is 1.93. The molecule has 1 aromatic heterocycles. The molecule has 0 radical (unpaired) electrons. The predicted octanol–water partition coefficient (Wildman–Crippen LogP) is 1.08. The standard InChI is InChI=1S/C15H18N4O4/c1-22-12-4-3-11(9-13(12)23-2)18-15(21)17-7-8-19-10-16-6-5-14(19)20/h3-6,9-10H,7-8H2,1-2H3,(H2,17,18,21). The normalized spacial score (nSPS) is 10.0. The van der Waals surface area contributed by atoms with E-state index < -0.39 is 0 Å². The summed E-state index contributed by atoms with van der Waals surface area (Å²) in [5, 5.41) is 5.34. The fraction of sp³-hybridized carbons (Fsp3) is 0.267. The van der Waals surface area contributed by atoms with Crippen molar-refractivity contribution in [1.82, 2.24) is 14.9 Å². The molecule has 0 saturated carbocycles. The van der Waals surface area contributed by atoms with E-state index in [0.29, 0.717) is 30.3 Å². The van der Waals surface area contributed by atoms with Gasteiger partial charge in [0, 0.05) is 37.1 Å². The Kier molecular flexibility index (Phi) is 5.56. The average molecular weight is 318 g/mol. The Labute approximate surface area is 133 Å². The highest BCUT2D eigenvalue weighted by atomic mass is 16.5. The molecule has 2 aromatic rings. The maximum atomic E-state index is 11.8. The molecule has 1 heterocycles. The van der Waals surface area contributed by atoms with Gasteiger partial charge in [-0.25, -0.2) is 9.78 Å². The zero-order valence-electron chi connectivity index (χ0n) is 12.9. The first-order valence-corrected chi connectivity index (χ1v) is 6.91. The number of amides is 2. The molecule has 0 aliphatic rings. The van der Waals surface area contributed by atoms with Gasteiger partial charge in [0.2, 0.25) is 0 Å². The van der Waals surface area contributed by atoms with Crippen LogP contribution in [-0.2, 0) is 6.54 Å². The van der Waals surface area contributed by atoms with Crippen LogP contribution < -0.4 is 25.7 Å². The molecule has 0 atom stereocenters. The van der Waals surface area contributed by atoms with Gasteiger partial charge in [-0.1, -0.05) is 0 Å². The van der Waals surface area contributed by atoms with Crippen LogP contribution >= 0.6 is 0 Å². The number of urea groups is 1. The fourth-order valence-electron chi connectivity index (χ4n) is 1.93. The van der Waals surface area contributed by atoms with Crippen LogP contribution in [0, 0.1) is 0 Å². The molecular weight excluding hydrogens is 300 g/mol. The van der Waals surface area contributed by atoms with Crippen molar-refractivity contribution in [3.8, 4) is 11.5 Å².